The van der Waals surface area contributed by atoms with Crippen molar-refractivity contribution in [3.63, 3.8) is 0 Å². The van der Waals surface area contributed by atoms with E-state index in [0.717, 1.165) is 18.5 Å². The molecule has 1 fully saturated rings. The van der Waals surface area contributed by atoms with Gasteiger partial charge in [0.15, 0.2) is 0 Å². The van der Waals surface area contributed by atoms with Crippen LogP contribution in [0.3, 0.4) is 0 Å². The zero-order valence-electron chi connectivity index (χ0n) is 11.8. The Hall–Kier alpha value is -1.96. The highest BCUT2D eigenvalue weighted by Crippen LogP contribution is 2.47. The summed E-state index contributed by atoms with van der Waals surface area (Å²) in [4.78, 5) is 0. The Kier molecular flexibility index (Phi) is 3.39. The second kappa shape index (κ2) is 5.20. The monoisotopic (exact) mass is 266 g/mol. The van der Waals surface area contributed by atoms with E-state index in [-0.39, 0.29) is 5.41 Å². The van der Waals surface area contributed by atoms with E-state index in [9.17, 15) is 0 Å². The SMILES string of the molecule is Nc1cccc(C2(c3ccccc3)CCCCC2)c1N. The van der Waals surface area contributed by atoms with Gasteiger partial charge in [0.25, 0.3) is 0 Å². The first-order valence-electron chi connectivity index (χ1n) is 7.44. The van der Waals surface area contributed by atoms with Crippen LogP contribution in [-0.2, 0) is 5.41 Å². The van der Waals surface area contributed by atoms with E-state index in [0.29, 0.717) is 5.69 Å². The summed E-state index contributed by atoms with van der Waals surface area (Å²) in [5.41, 5.74) is 16.4. The van der Waals surface area contributed by atoms with E-state index in [1.807, 2.05) is 12.1 Å². The number of nitrogens with two attached hydrogens (primary N) is 2. The van der Waals surface area contributed by atoms with Gasteiger partial charge in [0.2, 0.25) is 0 Å². The quantitative estimate of drug-likeness (QED) is 0.804. The first-order valence-corrected chi connectivity index (χ1v) is 7.44. The lowest BCUT2D eigenvalue weighted by atomic mass is 9.65. The van der Waals surface area contributed by atoms with E-state index in [4.69, 9.17) is 11.5 Å². The van der Waals surface area contributed by atoms with E-state index in [2.05, 4.69) is 36.4 Å². The zero-order valence-corrected chi connectivity index (χ0v) is 11.8. The summed E-state index contributed by atoms with van der Waals surface area (Å²) in [6.45, 7) is 0. The average molecular weight is 266 g/mol. The van der Waals surface area contributed by atoms with Crippen LogP contribution in [0.2, 0.25) is 0 Å². The van der Waals surface area contributed by atoms with Gasteiger partial charge in [0.1, 0.15) is 0 Å². The highest BCUT2D eigenvalue weighted by Gasteiger charge is 2.37. The standard InChI is InChI=1S/C18H22N2/c19-16-11-7-10-15(17(16)20)18(12-5-2-6-13-18)14-8-3-1-4-9-14/h1,3-4,7-11H,2,5-6,12-13,19-20H2. The van der Waals surface area contributed by atoms with Gasteiger partial charge in [-0.05, 0) is 30.0 Å². The Morgan fingerprint density at radius 3 is 2.15 bits per heavy atom. The van der Waals surface area contributed by atoms with Gasteiger partial charge in [0, 0.05) is 5.41 Å². The molecule has 20 heavy (non-hydrogen) atoms. The molecule has 0 aromatic heterocycles. The highest BCUT2D eigenvalue weighted by molar-refractivity contribution is 5.70. The highest BCUT2D eigenvalue weighted by atomic mass is 14.7. The Balaban J connectivity index is 2.18. The third-order valence-electron chi connectivity index (χ3n) is 4.69. The molecule has 104 valence electrons. The number of anilines is 2. The van der Waals surface area contributed by atoms with Gasteiger partial charge >= 0.3 is 0 Å². The van der Waals surface area contributed by atoms with Crippen molar-refractivity contribution in [1.29, 1.82) is 0 Å². The van der Waals surface area contributed by atoms with Crippen LogP contribution in [-0.4, -0.2) is 0 Å². The van der Waals surface area contributed by atoms with Gasteiger partial charge in [-0.3, -0.25) is 0 Å². The number of nitrogen functional groups attached to an aromatic ring is 2. The summed E-state index contributed by atoms with van der Waals surface area (Å²) >= 11 is 0. The molecule has 2 aromatic carbocycles. The summed E-state index contributed by atoms with van der Waals surface area (Å²) in [5.74, 6) is 0. The minimum Gasteiger partial charge on any atom is -0.397 e. The molecule has 2 nitrogen and oxygen atoms in total. The molecule has 0 aliphatic heterocycles. The molecule has 0 amide bonds. The van der Waals surface area contributed by atoms with E-state index in [1.165, 1.54) is 30.4 Å². The third-order valence-corrected chi connectivity index (χ3v) is 4.69. The van der Waals surface area contributed by atoms with Crippen molar-refractivity contribution >= 4 is 11.4 Å². The number of rotatable bonds is 2. The van der Waals surface area contributed by atoms with Crippen LogP contribution < -0.4 is 11.5 Å². The number of hydrogen-bond acceptors (Lipinski definition) is 2. The lowest BCUT2D eigenvalue weighted by Crippen LogP contribution is -2.31. The minimum atomic E-state index is 0.0406. The molecular weight excluding hydrogens is 244 g/mol. The first-order chi connectivity index (χ1) is 9.74. The topological polar surface area (TPSA) is 52.0 Å². The molecule has 0 bridgehead atoms. The van der Waals surface area contributed by atoms with Crippen molar-refractivity contribution in [2.24, 2.45) is 0 Å². The lowest BCUT2D eigenvalue weighted by molar-refractivity contribution is 0.347. The predicted molar refractivity (Wildman–Crippen MR) is 85.6 cm³/mol. The summed E-state index contributed by atoms with van der Waals surface area (Å²) in [6, 6.07) is 16.8. The van der Waals surface area contributed by atoms with Crippen molar-refractivity contribution in [1.82, 2.24) is 0 Å². The molecule has 2 heteroatoms. The Bertz CT molecular complexity index is 584. The largest absolute Gasteiger partial charge is 0.397 e. The van der Waals surface area contributed by atoms with Crippen LogP contribution in [0.1, 0.15) is 43.2 Å². The van der Waals surface area contributed by atoms with E-state index in [1.54, 1.807) is 0 Å². The molecular formula is C18H22N2. The van der Waals surface area contributed by atoms with E-state index < -0.39 is 0 Å². The first kappa shape index (κ1) is 13.0. The summed E-state index contributed by atoms with van der Waals surface area (Å²) in [6.07, 6.45) is 6.14. The van der Waals surface area contributed by atoms with Crippen LogP contribution >= 0.6 is 0 Å². The summed E-state index contributed by atoms with van der Waals surface area (Å²) in [7, 11) is 0. The molecule has 0 heterocycles. The fraction of sp³-hybridized carbons (Fsp3) is 0.333. The van der Waals surface area contributed by atoms with Gasteiger partial charge in [-0.1, -0.05) is 61.7 Å². The number of benzene rings is 2. The molecule has 0 saturated heterocycles. The van der Waals surface area contributed by atoms with Crippen LogP contribution in [0.15, 0.2) is 48.5 Å². The molecule has 1 aliphatic carbocycles. The maximum absolute atomic E-state index is 6.31. The fourth-order valence-electron chi connectivity index (χ4n) is 3.63. The van der Waals surface area contributed by atoms with Crippen molar-refractivity contribution in [3.8, 4) is 0 Å². The van der Waals surface area contributed by atoms with Crippen LogP contribution in [0.4, 0.5) is 11.4 Å². The molecule has 3 rings (SSSR count). The molecule has 0 spiro atoms. The maximum atomic E-state index is 6.31. The molecule has 2 aromatic rings. The summed E-state index contributed by atoms with van der Waals surface area (Å²) < 4.78 is 0. The maximum Gasteiger partial charge on any atom is 0.0589 e. The Morgan fingerprint density at radius 2 is 1.45 bits per heavy atom. The van der Waals surface area contributed by atoms with E-state index >= 15 is 0 Å². The molecule has 1 saturated carbocycles. The molecule has 0 unspecified atom stereocenters. The number of hydrogen-bond donors (Lipinski definition) is 2. The number of para-hydroxylation sites is 1. The van der Waals surface area contributed by atoms with Crippen molar-refractivity contribution in [2.75, 3.05) is 11.5 Å². The predicted octanol–water partition coefficient (Wildman–Crippen LogP) is 4.10. The Labute approximate surface area is 120 Å². The van der Waals surface area contributed by atoms with Crippen LogP contribution in [0, 0.1) is 0 Å². The molecule has 1 aliphatic rings. The third kappa shape index (κ3) is 2.05. The fourth-order valence-corrected chi connectivity index (χ4v) is 3.63. The van der Waals surface area contributed by atoms with Crippen molar-refractivity contribution in [3.05, 3.63) is 59.7 Å². The second-order valence-corrected chi connectivity index (χ2v) is 5.82. The van der Waals surface area contributed by atoms with Crippen molar-refractivity contribution < 1.29 is 0 Å². The second-order valence-electron chi connectivity index (χ2n) is 5.82. The normalized spacial score (nSPS) is 17.8. The molecule has 0 atom stereocenters. The van der Waals surface area contributed by atoms with Gasteiger partial charge in [0.05, 0.1) is 11.4 Å². The smallest absolute Gasteiger partial charge is 0.0589 e. The van der Waals surface area contributed by atoms with Gasteiger partial charge in [-0.2, -0.15) is 0 Å². The van der Waals surface area contributed by atoms with Crippen LogP contribution in [0.5, 0.6) is 0 Å². The van der Waals surface area contributed by atoms with Gasteiger partial charge in [-0.25, -0.2) is 0 Å². The van der Waals surface area contributed by atoms with Gasteiger partial charge < -0.3 is 11.5 Å². The zero-order chi connectivity index (χ0) is 14.0. The van der Waals surface area contributed by atoms with Crippen molar-refractivity contribution in [2.45, 2.75) is 37.5 Å². The lowest BCUT2D eigenvalue weighted by Gasteiger charge is -2.39. The van der Waals surface area contributed by atoms with Crippen LogP contribution in [0.25, 0.3) is 0 Å². The summed E-state index contributed by atoms with van der Waals surface area (Å²) in [5, 5.41) is 0. The minimum absolute atomic E-state index is 0.0406. The molecule has 0 radical (unpaired) electrons. The van der Waals surface area contributed by atoms with Gasteiger partial charge in [-0.15, -0.1) is 0 Å². The molecule has 4 N–H and O–H groups in total. The Morgan fingerprint density at radius 1 is 0.750 bits per heavy atom. The average Bonchev–Trinajstić information content (AvgIpc) is 2.51.